The van der Waals surface area contributed by atoms with Crippen molar-refractivity contribution in [3.63, 3.8) is 0 Å². The van der Waals surface area contributed by atoms with Crippen molar-refractivity contribution < 1.29 is 14.2 Å². The van der Waals surface area contributed by atoms with E-state index in [0.29, 0.717) is 19.8 Å². The highest BCUT2D eigenvalue weighted by Gasteiger charge is 2.05. The summed E-state index contributed by atoms with van der Waals surface area (Å²) in [6.07, 6.45) is 0. The van der Waals surface area contributed by atoms with Gasteiger partial charge in [-0.05, 0) is 37.5 Å². The molecule has 0 aliphatic rings. The first kappa shape index (κ1) is 15.2. The van der Waals surface area contributed by atoms with Crippen LogP contribution in [0.3, 0.4) is 0 Å². The predicted octanol–water partition coefficient (Wildman–Crippen LogP) is 3.30. The number of hydrogen-bond acceptors (Lipinski definition) is 3. The standard InChI is InChI=1S/C15H24O3/c1-4-16-10-13-7-8-14(11-17-5-2)15(9-13)12-18-6-3/h7-9H,4-6,10-12H2,1-3H3. The Balaban J connectivity index is 2.74. The second-order valence-corrected chi connectivity index (χ2v) is 4.01. The quantitative estimate of drug-likeness (QED) is 0.675. The normalized spacial score (nSPS) is 10.8. The van der Waals surface area contributed by atoms with E-state index in [9.17, 15) is 0 Å². The van der Waals surface area contributed by atoms with Crippen LogP contribution in [-0.2, 0) is 34.0 Å². The third-order valence-corrected chi connectivity index (χ3v) is 2.67. The first-order valence-electron chi connectivity index (χ1n) is 6.65. The Morgan fingerprint density at radius 2 is 1.28 bits per heavy atom. The van der Waals surface area contributed by atoms with Gasteiger partial charge < -0.3 is 14.2 Å². The summed E-state index contributed by atoms with van der Waals surface area (Å²) in [5, 5.41) is 0. The van der Waals surface area contributed by atoms with E-state index in [4.69, 9.17) is 14.2 Å². The van der Waals surface area contributed by atoms with E-state index in [1.807, 2.05) is 20.8 Å². The molecule has 1 aromatic carbocycles. The van der Waals surface area contributed by atoms with Gasteiger partial charge in [0.25, 0.3) is 0 Å². The molecule has 0 saturated heterocycles. The van der Waals surface area contributed by atoms with E-state index in [-0.39, 0.29) is 0 Å². The molecule has 0 heterocycles. The van der Waals surface area contributed by atoms with Gasteiger partial charge in [-0.3, -0.25) is 0 Å². The summed E-state index contributed by atoms with van der Waals surface area (Å²) in [6.45, 7) is 10.2. The monoisotopic (exact) mass is 252 g/mol. The molecule has 0 aliphatic carbocycles. The van der Waals surface area contributed by atoms with Gasteiger partial charge in [0, 0.05) is 19.8 Å². The van der Waals surface area contributed by atoms with Crippen LogP contribution in [-0.4, -0.2) is 19.8 Å². The maximum atomic E-state index is 5.50. The fraction of sp³-hybridized carbons (Fsp3) is 0.600. The Kier molecular flexibility index (Phi) is 7.65. The van der Waals surface area contributed by atoms with Gasteiger partial charge >= 0.3 is 0 Å². The van der Waals surface area contributed by atoms with Crippen LogP contribution in [0, 0.1) is 0 Å². The van der Waals surface area contributed by atoms with Crippen LogP contribution in [0.15, 0.2) is 18.2 Å². The summed E-state index contributed by atoms with van der Waals surface area (Å²) < 4.78 is 16.4. The molecule has 3 heteroatoms. The van der Waals surface area contributed by atoms with Crippen molar-refractivity contribution in [3.05, 3.63) is 34.9 Å². The van der Waals surface area contributed by atoms with Crippen LogP contribution in [0.1, 0.15) is 37.5 Å². The van der Waals surface area contributed by atoms with Crippen molar-refractivity contribution in [2.75, 3.05) is 19.8 Å². The highest BCUT2D eigenvalue weighted by Crippen LogP contribution is 2.15. The number of benzene rings is 1. The van der Waals surface area contributed by atoms with Crippen molar-refractivity contribution in [2.45, 2.75) is 40.6 Å². The Morgan fingerprint density at radius 3 is 1.89 bits per heavy atom. The summed E-state index contributed by atoms with van der Waals surface area (Å²) in [5.74, 6) is 0. The summed E-state index contributed by atoms with van der Waals surface area (Å²) in [6, 6.07) is 6.36. The lowest BCUT2D eigenvalue weighted by Crippen LogP contribution is -2.02. The lowest BCUT2D eigenvalue weighted by atomic mass is 10.1. The highest BCUT2D eigenvalue weighted by molar-refractivity contribution is 5.31. The first-order chi connectivity index (χ1) is 8.81. The molecular weight excluding hydrogens is 228 g/mol. The average molecular weight is 252 g/mol. The van der Waals surface area contributed by atoms with Gasteiger partial charge in [0.15, 0.2) is 0 Å². The maximum Gasteiger partial charge on any atom is 0.0720 e. The summed E-state index contributed by atoms with van der Waals surface area (Å²) >= 11 is 0. The van der Waals surface area contributed by atoms with Crippen LogP contribution >= 0.6 is 0 Å². The van der Waals surface area contributed by atoms with Gasteiger partial charge in [-0.2, -0.15) is 0 Å². The highest BCUT2D eigenvalue weighted by atomic mass is 16.5. The molecule has 0 aliphatic heterocycles. The van der Waals surface area contributed by atoms with Crippen molar-refractivity contribution in [1.29, 1.82) is 0 Å². The summed E-state index contributed by atoms with van der Waals surface area (Å²) in [5.41, 5.74) is 3.58. The Bertz CT molecular complexity index is 337. The Morgan fingerprint density at radius 1 is 0.722 bits per heavy atom. The molecule has 3 nitrogen and oxygen atoms in total. The molecule has 0 spiro atoms. The zero-order valence-corrected chi connectivity index (χ0v) is 11.7. The Hall–Kier alpha value is -0.900. The van der Waals surface area contributed by atoms with Crippen LogP contribution in [0.2, 0.25) is 0 Å². The largest absolute Gasteiger partial charge is 0.377 e. The zero-order chi connectivity index (χ0) is 13.2. The molecule has 1 rings (SSSR count). The van der Waals surface area contributed by atoms with E-state index in [1.165, 1.54) is 16.7 Å². The average Bonchev–Trinajstić information content (AvgIpc) is 2.41. The number of ether oxygens (including phenoxy) is 3. The maximum absolute atomic E-state index is 5.50. The van der Waals surface area contributed by atoms with Gasteiger partial charge in [0.2, 0.25) is 0 Å². The predicted molar refractivity (Wildman–Crippen MR) is 72.4 cm³/mol. The molecule has 1 aromatic rings. The fourth-order valence-electron chi connectivity index (χ4n) is 1.69. The number of hydrogen-bond donors (Lipinski definition) is 0. The van der Waals surface area contributed by atoms with E-state index in [1.54, 1.807) is 0 Å². The molecule has 0 aromatic heterocycles. The van der Waals surface area contributed by atoms with Crippen molar-refractivity contribution in [1.82, 2.24) is 0 Å². The van der Waals surface area contributed by atoms with Gasteiger partial charge in [-0.1, -0.05) is 18.2 Å². The van der Waals surface area contributed by atoms with Crippen molar-refractivity contribution in [2.24, 2.45) is 0 Å². The van der Waals surface area contributed by atoms with Crippen LogP contribution in [0.25, 0.3) is 0 Å². The molecule has 18 heavy (non-hydrogen) atoms. The molecule has 0 unspecified atom stereocenters. The minimum atomic E-state index is 0.638. The molecular formula is C15H24O3. The third kappa shape index (κ3) is 5.17. The fourth-order valence-corrected chi connectivity index (χ4v) is 1.69. The minimum Gasteiger partial charge on any atom is -0.377 e. The van der Waals surface area contributed by atoms with Gasteiger partial charge in [-0.15, -0.1) is 0 Å². The summed E-state index contributed by atoms with van der Waals surface area (Å²) in [4.78, 5) is 0. The smallest absolute Gasteiger partial charge is 0.0720 e. The molecule has 0 N–H and O–H groups in total. The van der Waals surface area contributed by atoms with Gasteiger partial charge in [-0.25, -0.2) is 0 Å². The molecule has 0 fully saturated rings. The molecule has 0 saturated carbocycles. The zero-order valence-electron chi connectivity index (χ0n) is 11.7. The lowest BCUT2D eigenvalue weighted by molar-refractivity contribution is 0.118. The van der Waals surface area contributed by atoms with E-state index in [0.717, 1.165) is 19.8 Å². The summed E-state index contributed by atoms with van der Waals surface area (Å²) in [7, 11) is 0. The molecule has 0 amide bonds. The van der Waals surface area contributed by atoms with Crippen molar-refractivity contribution in [3.8, 4) is 0 Å². The SMILES string of the molecule is CCOCc1ccc(COCC)c(COCC)c1. The van der Waals surface area contributed by atoms with E-state index < -0.39 is 0 Å². The molecule has 0 atom stereocenters. The minimum absolute atomic E-state index is 0.638. The van der Waals surface area contributed by atoms with Crippen LogP contribution in [0.5, 0.6) is 0 Å². The van der Waals surface area contributed by atoms with Crippen LogP contribution < -0.4 is 0 Å². The topological polar surface area (TPSA) is 27.7 Å². The van der Waals surface area contributed by atoms with Crippen LogP contribution in [0.4, 0.5) is 0 Å². The molecule has 0 bridgehead atoms. The molecule has 102 valence electrons. The Labute approximate surface area is 110 Å². The molecule has 0 radical (unpaired) electrons. The first-order valence-corrected chi connectivity index (χ1v) is 6.65. The van der Waals surface area contributed by atoms with Gasteiger partial charge in [0.05, 0.1) is 19.8 Å². The van der Waals surface area contributed by atoms with E-state index in [2.05, 4.69) is 18.2 Å². The number of rotatable bonds is 9. The lowest BCUT2D eigenvalue weighted by Gasteiger charge is -2.12. The second kappa shape index (κ2) is 9.09. The van der Waals surface area contributed by atoms with Gasteiger partial charge in [0.1, 0.15) is 0 Å². The van der Waals surface area contributed by atoms with E-state index >= 15 is 0 Å². The van der Waals surface area contributed by atoms with Crippen molar-refractivity contribution >= 4 is 0 Å². The second-order valence-electron chi connectivity index (χ2n) is 4.01. The third-order valence-electron chi connectivity index (χ3n) is 2.67.